The lowest BCUT2D eigenvalue weighted by Gasteiger charge is -2.11. The molecule has 3 heteroatoms. The maximum Gasteiger partial charge on any atom is 0.190 e. The fraction of sp³-hybridized carbons (Fsp3) is 0.562. The summed E-state index contributed by atoms with van der Waals surface area (Å²) in [7, 11) is 1.82. The molecule has 106 valence electrons. The fourth-order valence-corrected chi connectivity index (χ4v) is 2.00. The van der Waals surface area contributed by atoms with Crippen LogP contribution >= 0.6 is 0 Å². The fourth-order valence-electron chi connectivity index (χ4n) is 2.00. The van der Waals surface area contributed by atoms with Crippen molar-refractivity contribution in [3.8, 4) is 0 Å². The first-order chi connectivity index (χ1) is 9.26. The van der Waals surface area contributed by atoms with Gasteiger partial charge in [0, 0.05) is 20.1 Å². The minimum Gasteiger partial charge on any atom is -0.356 e. The summed E-state index contributed by atoms with van der Waals surface area (Å²) in [4.78, 5) is 4.23. The number of rotatable bonds is 7. The Morgan fingerprint density at radius 1 is 1.16 bits per heavy atom. The lowest BCUT2D eigenvalue weighted by atomic mass is 10.1. The molecule has 0 aliphatic heterocycles. The summed E-state index contributed by atoms with van der Waals surface area (Å²) in [5.41, 5.74) is 2.69. The highest BCUT2D eigenvalue weighted by molar-refractivity contribution is 5.79. The molecule has 0 amide bonds. The molecule has 1 aromatic rings. The number of nitrogens with zero attached hydrogens (tertiary/aromatic N) is 1. The van der Waals surface area contributed by atoms with Crippen molar-refractivity contribution in [2.75, 3.05) is 20.1 Å². The molecule has 0 aromatic heterocycles. The van der Waals surface area contributed by atoms with Crippen LogP contribution in [0.3, 0.4) is 0 Å². The molecule has 1 rings (SSSR count). The molecule has 3 nitrogen and oxygen atoms in total. The van der Waals surface area contributed by atoms with E-state index in [-0.39, 0.29) is 0 Å². The van der Waals surface area contributed by atoms with Crippen LogP contribution in [0.25, 0.3) is 0 Å². The summed E-state index contributed by atoms with van der Waals surface area (Å²) < 4.78 is 0. The van der Waals surface area contributed by atoms with E-state index in [2.05, 4.69) is 53.7 Å². The van der Waals surface area contributed by atoms with E-state index in [0.717, 1.165) is 25.5 Å². The topological polar surface area (TPSA) is 36.4 Å². The first-order valence-electron chi connectivity index (χ1n) is 7.26. The predicted molar refractivity (Wildman–Crippen MR) is 83.8 cm³/mol. The second-order valence-corrected chi connectivity index (χ2v) is 4.87. The molecule has 0 saturated heterocycles. The molecule has 0 fully saturated rings. The van der Waals surface area contributed by atoms with Crippen LogP contribution < -0.4 is 10.6 Å². The molecular formula is C16H27N3. The van der Waals surface area contributed by atoms with Gasteiger partial charge in [-0.1, -0.05) is 49.6 Å². The average molecular weight is 261 g/mol. The quantitative estimate of drug-likeness (QED) is 0.450. The van der Waals surface area contributed by atoms with Gasteiger partial charge in [0.25, 0.3) is 0 Å². The molecule has 0 saturated carbocycles. The number of unbranched alkanes of at least 4 members (excludes halogenated alkanes) is 2. The highest BCUT2D eigenvalue weighted by atomic mass is 15.2. The number of nitrogens with one attached hydrogen (secondary N) is 2. The second kappa shape index (κ2) is 9.42. The van der Waals surface area contributed by atoms with Gasteiger partial charge in [-0.2, -0.15) is 0 Å². The minimum atomic E-state index is 0.906. The first kappa shape index (κ1) is 15.5. The number of hydrogen-bond donors (Lipinski definition) is 2. The standard InChI is InChI=1S/C16H27N3/c1-4-5-6-11-18-16(17-3)19-12-10-15-9-7-8-14(2)13-15/h7-9,13H,4-6,10-12H2,1-3H3,(H2,17,18,19). The number of aliphatic imine (C=N–C) groups is 1. The number of guanidine groups is 1. The largest absolute Gasteiger partial charge is 0.356 e. The van der Waals surface area contributed by atoms with E-state index in [9.17, 15) is 0 Å². The summed E-state index contributed by atoms with van der Waals surface area (Å²) in [6.07, 6.45) is 4.75. The Labute approximate surface area is 117 Å². The van der Waals surface area contributed by atoms with Gasteiger partial charge in [0.2, 0.25) is 0 Å². The van der Waals surface area contributed by atoms with Crippen LogP contribution in [0.1, 0.15) is 37.3 Å². The summed E-state index contributed by atoms with van der Waals surface area (Å²) in [5, 5.41) is 6.69. The van der Waals surface area contributed by atoms with Crippen molar-refractivity contribution in [3.63, 3.8) is 0 Å². The maximum absolute atomic E-state index is 4.23. The number of aryl methyl sites for hydroxylation is 1. The van der Waals surface area contributed by atoms with E-state index in [1.54, 1.807) is 0 Å². The van der Waals surface area contributed by atoms with Gasteiger partial charge >= 0.3 is 0 Å². The van der Waals surface area contributed by atoms with Crippen LogP contribution in [0.2, 0.25) is 0 Å². The van der Waals surface area contributed by atoms with E-state index >= 15 is 0 Å². The molecular weight excluding hydrogens is 234 g/mol. The van der Waals surface area contributed by atoms with Gasteiger partial charge in [-0.25, -0.2) is 0 Å². The minimum absolute atomic E-state index is 0.906. The van der Waals surface area contributed by atoms with Gasteiger partial charge < -0.3 is 10.6 Å². The Hall–Kier alpha value is -1.51. The van der Waals surface area contributed by atoms with Crippen molar-refractivity contribution in [2.24, 2.45) is 4.99 Å². The monoisotopic (exact) mass is 261 g/mol. The maximum atomic E-state index is 4.23. The van der Waals surface area contributed by atoms with Crippen LogP contribution in [0.15, 0.2) is 29.3 Å². The van der Waals surface area contributed by atoms with Gasteiger partial charge in [0.05, 0.1) is 0 Å². The van der Waals surface area contributed by atoms with Gasteiger partial charge in [-0.05, 0) is 25.3 Å². The predicted octanol–water partition coefficient (Wildman–Crippen LogP) is 2.89. The van der Waals surface area contributed by atoms with Crippen molar-refractivity contribution in [1.82, 2.24) is 10.6 Å². The Morgan fingerprint density at radius 2 is 1.95 bits per heavy atom. The Balaban J connectivity index is 2.22. The molecule has 1 aromatic carbocycles. The molecule has 0 bridgehead atoms. The summed E-state index contributed by atoms with van der Waals surface area (Å²) >= 11 is 0. The van der Waals surface area contributed by atoms with E-state index in [1.165, 1.54) is 30.4 Å². The van der Waals surface area contributed by atoms with Crippen molar-refractivity contribution < 1.29 is 0 Å². The van der Waals surface area contributed by atoms with Crippen LogP contribution in [0, 0.1) is 6.92 Å². The van der Waals surface area contributed by atoms with Gasteiger partial charge in [-0.3, -0.25) is 4.99 Å². The van der Waals surface area contributed by atoms with Gasteiger partial charge in [0.1, 0.15) is 0 Å². The van der Waals surface area contributed by atoms with E-state index in [1.807, 2.05) is 7.05 Å². The molecule has 0 atom stereocenters. The van der Waals surface area contributed by atoms with Crippen LogP contribution in [-0.4, -0.2) is 26.1 Å². The average Bonchev–Trinajstić information content (AvgIpc) is 2.41. The Morgan fingerprint density at radius 3 is 2.63 bits per heavy atom. The zero-order chi connectivity index (χ0) is 13.9. The summed E-state index contributed by atoms with van der Waals surface area (Å²) in [6.45, 7) is 6.26. The third-order valence-electron chi connectivity index (χ3n) is 3.08. The third kappa shape index (κ3) is 6.85. The van der Waals surface area contributed by atoms with Crippen molar-refractivity contribution >= 4 is 5.96 Å². The third-order valence-corrected chi connectivity index (χ3v) is 3.08. The highest BCUT2D eigenvalue weighted by Gasteiger charge is 1.97. The highest BCUT2D eigenvalue weighted by Crippen LogP contribution is 2.03. The molecule has 0 heterocycles. The number of benzene rings is 1. The lowest BCUT2D eigenvalue weighted by molar-refractivity contribution is 0.682. The molecule has 0 radical (unpaired) electrons. The van der Waals surface area contributed by atoms with Crippen molar-refractivity contribution in [3.05, 3.63) is 35.4 Å². The van der Waals surface area contributed by atoms with Crippen LogP contribution in [-0.2, 0) is 6.42 Å². The van der Waals surface area contributed by atoms with Gasteiger partial charge in [-0.15, -0.1) is 0 Å². The molecule has 0 spiro atoms. The summed E-state index contributed by atoms with van der Waals surface area (Å²) in [6, 6.07) is 8.65. The smallest absolute Gasteiger partial charge is 0.190 e. The van der Waals surface area contributed by atoms with E-state index < -0.39 is 0 Å². The molecule has 2 N–H and O–H groups in total. The van der Waals surface area contributed by atoms with Crippen molar-refractivity contribution in [2.45, 2.75) is 39.5 Å². The second-order valence-electron chi connectivity index (χ2n) is 4.87. The zero-order valence-corrected chi connectivity index (χ0v) is 12.5. The normalized spacial score (nSPS) is 11.4. The van der Waals surface area contributed by atoms with Crippen LogP contribution in [0.5, 0.6) is 0 Å². The Bertz CT molecular complexity index is 385. The SMILES string of the molecule is CCCCCNC(=NC)NCCc1cccc(C)c1. The molecule has 0 aliphatic carbocycles. The Kier molecular flexibility index (Phi) is 7.71. The summed E-state index contributed by atoms with van der Waals surface area (Å²) in [5.74, 6) is 0.906. The lowest BCUT2D eigenvalue weighted by Crippen LogP contribution is -2.38. The van der Waals surface area contributed by atoms with E-state index in [0.29, 0.717) is 0 Å². The van der Waals surface area contributed by atoms with Crippen molar-refractivity contribution in [1.29, 1.82) is 0 Å². The van der Waals surface area contributed by atoms with E-state index in [4.69, 9.17) is 0 Å². The molecule has 0 aliphatic rings. The molecule has 19 heavy (non-hydrogen) atoms. The molecule has 0 unspecified atom stereocenters. The number of hydrogen-bond acceptors (Lipinski definition) is 1. The van der Waals surface area contributed by atoms with Gasteiger partial charge in [0.15, 0.2) is 5.96 Å². The zero-order valence-electron chi connectivity index (χ0n) is 12.5. The van der Waals surface area contributed by atoms with Crippen LogP contribution in [0.4, 0.5) is 0 Å². The first-order valence-corrected chi connectivity index (χ1v) is 7.26.